The molecular weight excluding hydrogens is 256 g/mol. The Bertz CT molecular complexity index is 420. The molecule has 1 amide bonds. The molecule has 0 aromatic carbocycles. The van der Waals surface area contributed by atoms with Gasteiger partial charge in [-0.2, -0.15) is 0 Å². The lowest BCUT2D eigenvalue weighted by Gasteiger charge is -2.22. The van der Waals surface area contributed by atoms with E-state index in [0.717, 1.165) is 0 Å². The molecule has 0 aliphatic carbocycles. The van der Waals surface area contributed by atoms with E-state index in [1.165, 1.54) is 12.4 Å². The SMILES string of the molecule is CC(C)(C)OC(=O)NC(CN)c1cncc(Cl)n1. The molecule has 0 bridgehead atoms. The van der Waals surface area contributed by atoms with Crippen LogP contribution in [0.15, 0.2) is 12.4 Å². The fourth-order valence-electron chi connectivity index (χ4n) is 1.23. The van der Waals surface area contributed by atoms with Gasteiger partial charge in [0.15, 0.2) is 0 Å². The van der Waals surface area contributed by atoms with E-state index in [4.69, 9.17) is 22.1 Å². The lowest BCUT2D eigenvalue weighted by molar-refractivity contribution is 0.0504. The third-order valence-corrected chi connectivity index (χ3v) is 2.09. The first-order valence-electron chi connectivity index (χ1n) is 5.49. The van der Waals surface area contributed by atoms with Crippen LogP contribution in [0.25, 0.3) is 0 Å². The number of nitrogens with two attached hydrogens (primary N) is 1. The van der Waals surface area contributed by atoms with Crippen LogP contribution in [0.2, 0.25) is 5.15 Å². The maximum atomic E-state index is 11.6. The minimum Gasteiger partial charge on any atom is -0.444 e. The number of alkyl carbamates (subject to hydrolysis) is 1. The number of halogens is 1. The van der Waals surface area contributed by atoms with Crippen LogP contribution in [0.3, 0.4) is 0 Å². The van der Waals surface area contributed by atoms with Crippen LogP contribution in [0.1, 0.15) is 32.5 Å². The van der Waals surface area contributed by atoms with Gasteiger partial charge in [0, 0.05) is 6.54 Å². The monoisotopic (exact) mass is 272 g/mol. The van der Waals surface area contributed by atoms with Crippen LogP contribution in [-0.4, -0.2) is 28.2 Å². The van der Waals surface area contributed by atoms with Gasteiger partial charge in [-0.3, -0.25) is 4.98 Å². The summed E-state index contributed by atoms with van der Waals surface area (Å²) in [4.78, 5) is 19.6. The number of nitrogens with one attached hydrogen (secondary N) is 1. The quantitative estimate of drug-likeness (QED) is 0.873. The second kappa shape index (κ2) is 5.97. The molecule has 7 heteroatoms. The van der Waals surface area contributed by atoms with Crippen LogP contribution in [0.4, 0.5) is 4.79 Å². The van der Waals surface area contributed by atoms with E-state index < -0.39 is 17.7 Å². The Morgan fingerprint density at radius 3 is 2.72 bits per heavy atom. The van der Waals surface area contributed by atoms with E-state index in [-0.39, 0.29) is 11.7 Å². The predicted molar refractivity (Wildman–Crippen MR) is 68.2 cm³/mol. The molecule has 0 aliphatic heterocycles. The molecular formula is C11H17ClN4O2. The summed E-state index contributed by atoms with van der Waals surface area (Å²) in [5, 5.41) is 2.87. The summed E-state index contributed by atoms with van der Waals surface area (Å²) < 4.78 is 5.13. The Labute approximate surface area is 111 Å². The van der Waals surface area contributed by atoms with Gasteiger partial charge in [0.25, 0.3) is 0 Å². The number of carbonyl (C=O) groups excluding carboxylic acids is 1. The van der Waals surface area contributed by atoms with Crippen molar-refractivity contribution >= 4 is 17.7 Å². The highest BCUT2D eigenvalue weighted by Crippen LogP contribution is 2.13. The van der Waals surface area contributed by atoms with Crippen molar-refractivity contribution in [3.8, 4) is 0 Å². The van der Waals surface area contributed by atoms with Gasteiger partial charge in [-0.15, -0.1) is 0 Å². The first-order chi connectivity index (χ1) is 8.31. The highest BCUT2D eigenvalue weighted by Gasteiger charge is 2.20. The predicted octanol–water partition coefficient (Wildman–Crippen LogP) is 1.65. The molecule has 1 unspecified atom stereocenters. The number of ether oxygens (including phenoxy) is 1. The molecule has 6 nitrogen and oxygen atoms in total. The minimum atomic E-state index is -0.566. The van der Waals surface area contributed by atoms with Gasteiger partial charge < -0.3 is 15.8 Å². The highest BCUT2D eigenvalue weighted by molar-refractivity contribution is 6.29. The van der Waals surface area contributed by atoms with Crippen molar-refractivity contribution in [3.05, 3.63) is 23.2 Å². The number of carbonyl (C=O) groups is 1. The molecule has 0 radical (unpaired) electrons. The molecule has 3 N–H and O–H groups in total. The molecule has 0 aliphatic rings. The van der Waals surface area contributed by atoms with E-state index in [9.17, 15) is 4.79 Å². The topological polar surface area (TPSA) is 90.1 Å². The fraction of sp³-hybridized carbons (Fsp3) is 0.545. The first kappa shape index (κ1) is 14.7. The number of rotatable bonds is 3. The Morgan fingerprint density at radius 2 is 2.22 bits per heavy atom. The van der Waals surface area contributed by atoms with Gasteiger partial charge in [0.2, 0.25) is 0 Å². The average molecular weight is 273 g/mol. The third-order valence-electron chi connectivity index (χ3n) is 1.91. The molecule has 0 saturated heterocycles. The van der Waals surface area contributed by atoms with E-state index >= 15 is 0 Å². The van der Waals surface area contributed by atoms with Crippen molar-refractivity contribution in [2.75, 3.05) is 6.54 Å². The molecule has 1 atom stereocenters. The number of hydrogen-bond acceptors (Lipinski definition) is 5. The van der Waals surface area contributed by atoms with E-state index in [1.807, 2.05) is 0 Å². The number of aromatic nitrogens is 2. The number of nitrogens with zero attached hydrogens (tertiary/aromatic N) is 2. The summed E-state index contributed by atoms with van der Waals surface area (Å²) in [6, 6.07) is -0.481. The summed E-state index contributed by atoms with van der Waals surface area (Å²) in [5.74, 6) is 0. The molecule has 18 heavy (non-hydrogen) atoms. The highest BCUT2D eigenvalue weighted by atomic mass is 35.5. The zero-order valence-corrected chi connectivity index (χ0v) is 11.4. The second-order valence-electron chi connectivity index (χ2n) is 4.70. The summed E-state index contributed by atoms with van der Waals surface area (Å²) >= 11 is 5.73. The van der Waals surface area contributed by atoms with Crippen molar-refractivity contribution in [2.24, 2.45) is 5.73 Å². The smallest absolute Gasteiger partial charge is 0.408 e. The molecule has 1 rings (SSSR count). The van der Waals surface area contributed by atoms with Crippen molar-refractivity contribution in [1.82, 2.24) is 15.3 Å². The summed E-state index contributed by atoms with van der Waals surface area (Å²) in [7, 11) is 0. The Hall–Kier alpha value is -1.40. The van der Waals surface area contributed by atoms with Crippen molar-refractivity contribution in [1.29, 1.82) is 0 Å². The van der Waals surface area contributed by atoms with Crippen LogP contribution in [0, 0.1) is 0 Å². The van der Waals surface area contributed by atoms with E-state index in [2.05, 4.69) is 15.3 Å². The lowest BCUT2D eigenvalue weighted by atomic mass is 10.2. The van der Waals surface area contributed by atoms with Crippen LogP contribution >= 0.6 is 11.6 Å². The zero-order chi connectivity index (χ0) is 13.8. The third kappa shape index (κ3) is 4.85. The normalized spacial score (nSPS) is 12.9. The fourth-order valence-corrected chi connectivity index (χ4v) is 1.38. The molecule has 1 heterocycles. The molecule has 0 saturated carbocycles. The van der Waals surface area contributed by atoms with Crippen LogP contribution in [0.5, 0.6) is 0 Å². The second-order valence-corrected chi connectivity index (χ2v) is 5.09. The maximum absolute atomic E-state index is 11.6. The minimum absolute atomic E-state index is 0.175. The lowest BCUT2D eigenvalue weighted by Crippen LogP contribution is -2.38. The Kier molecular flexibility index (Phi) is 4.86. The summed E-state index contributed by atoms with van der Waals surface area (Å²) in [6.45, 7) is 5.52. The van der Waals surface area contributed by atoms with Gasteiger partial charge in [-0.1, -0.05) is 11.6 Å². The largest absolute Gasteiger partial charge is 0.444 e. The van der Waals surface area contributed by atoms with E-state index in [1.54, 1.807) is 20.8 Å². The number of hydrogen-bond donors (Lipinski definition) is 2. The molecule has 1 aromatic rings. The van der Waals surface area contributed by atoms with Gasteiger partial charge >= 0.3 is 6.09 Å². The van der Waals surface area contributed by atoms with Gasteiger partial charge in [0.05, 0.1) is 24.1 Å². The van der Waals surface area contributed by atoms with E-state index in [0.29, 0.717) is 5.69 Å². The Balaban J connectivity index is 2.71. The standard InChI is InChI=1S/C11H17ClN4O2/c1-11(2,3)18-10(17)16-7(4-13)8-5-14-6-9(12)15-8/h5-7H,4,13H2,1-3H3,(H,16,17). The van der Waals surface area contributed by atoms with Gasteiger partial charge in [-0.05, 0) is 20.8 Å². The van der Waals surface area contributed by atoms with Gasteiger partial charge in [-0.25, -0.2) is 9.78 Å². The van der Waals surface area contributed by atoms with Gasteiger partial charge in [0.1, 0.15) is 10.8 Å². The summed E-state index contributed by atoms with van der Waals surface area (Å²) in [6.07, 6.45) is 2.35. The zero-order valence-electron chi connectivity index (χ0n) is 10.6. The van der Waals surface area contributed by atoms with Crippen LogP contribution < -0.4 is 11.1 Å². The van der Waals surface area contributed by atoms with Crippen molar-refractivity contribution < 1.29 is 9.53 Å². The Morgan fingerprint density at radius 1 is 1.56 bits per heavy atom. The average Bonchev–Trinajstić information content (AvgIpc) is 2.23. The molecule has 100 valence electrons. The number of amides is 1. The van der Waals surface area contributed by atoms with Crippen molar-refractivity contribution in [2.45, 2.75) is 32.4 Å². The van der Waals surface area contributed by atoms with Crippen molar-refractivity contribution in [3.63, 3.8) is 0 Å². The molecule has 0 spiro atoms. The first-order valence-corrected chi connectivity index (χ1v) is 5.86. The molecule has 0 fully saturated rings. The summed E-state index contributed by atoms with van der Waals surface area (Å²) in [5.41, 5.74) is 5.52. The maximum Gasteiger partial charge on any atom is 0.408 e. The molecule has 1 aromatic heterocycles. The van der Waals surface area contributed by atoms with Crippen LogP contribution in [-0.2, 0) is 4.74 Å².